The summed E-state index contributed by atoms with van der Waals surface area (Å²) in [5.41, 5.74) is -0.215. The Morgan fingerprint density at radius 2 is 2.10 bits per heavy atom. The number of halogens is 1. The number of hydrogen-bond donors (Lipinski definition) is 1. The molecule has 1 aliphatic rings. The Balaban J connectivity index is 2.14. The van der Waals surface area contributed by atoms with E-state index >= 15 is 0 Å². The third-order valence-corrected chi connectivity index (χ3v) is 4.30. The Morgan fingerprint density at radius 3 is 2.70 bits per heavy atom. The van der Waals surface area contributed by atoms with Gasteiger partial charge in [-0.1, -0.05) is 28.8 Å². The highest BCUT2D eigenvalue weighted by molar-refractivity contribution is 9.10. The summed E-state index contributed by atoms with van der Waals surface area (Å²) in [6.07, 6.45) is 3.59. The van der Waals surface area contributed by atoms with Crippen LogP contribution in [0.2, 0.25) is 0 Å². The van der Waals surface area contributed by atoms with Gasteiger partial charge in [-0.25, -0.2) is 0 Å². The molecule has 0 atom stereocenters. The number of nitrogens with zero attached hydrogens (tertiary/aromatic N) is 1. The van der Waals surface area contributed by atoms with Gasteiger partial charge in [0, 0.05) is 18.1 Å². The van der Waals surface area contributed by atoms with E-state index in [9.17, 15) is 9.90 Å². The van der Waals surface area contributed by atoms with Crippen molar-refractivity contribution in [1.29, 1.82) is 0 Å². The molecule has 1 aromatic rings. The summed E-state index contributed by atoms with van der Waals surface area (Å²) in [6, 6.07) is 5.32. The standard InChI is InChI=1S/C15H20BrNO3/c1-17(10-15(19)7-3-4-8-15)14(18)12-6-5-11(16)9-13(12)20-2/h5-6,9,19H,3-4,7-8,10H2,1-2H3. The summed E-state index contributed by atoms with van der Waals surface area (Å²) >= 11 is 3.36. The Labute approximate surface area is 127 Å². The molecular weight excluding hydrogens is 322 g/mol. The summed E-state index contributed by atoms with van der Waals surface area (Å²) in [5.74, 6) is 0.407. The van der Waals surface area contributed by atoms with Crippen molar-refractivity contribution in [2.45, 2.75) is 31.3 Å². The Bertz CT molecular complexity index is 498. The van der Waals surface area contributed by atoms with Crippen LogP contribution in [0, 0.1) is 0 Å². The number of aliphatic hydroxyl groups is 1. The lowest BCUT2D eigenvalue weighted by Gasteiger charge is -2.29. The van der Waals surface area contributed by atoms with E-state index in [-0.39, 0.29) is 5.91 Å². The second kappa shape index (κ2) is 6.14. The zero-order valence-corrected chi connectivity index (χ0v) is 13.4. The van der Waals surface area contributed by atoms with E-state index < -0.39 is 5.60 Å². The summed E-state index contributed by atoms with van der Waals surface area (Å²) in [4.78, 5) is 14.1. The largest absolute Gasteiger partial charge is 0.496 e. The maximum atomic E-state index is 12.5. The predicted molar refractivity (Wildman–Crippen MR) is 81.1 cm³/mol. The van der Waals surface area contributed by atoms with Gasteiger partial charge in [-0.15, -0.1) is 0 Å². The van der Waals surface area contributed by atoms with Crippen molar-refractivity contribution in [1.82, 2.24) is 4.90 Å². The summed E-state index contributed by atoms with van der Waals surface area (Å²) < 4.78 is 6.12. The molecule has 4 nitrogen and oxygen atoms in total. The molecule has 1 amide bonds. The Hall–Kier alpha value is -1.07. The fraction of sp³-hybridized carbons (Fsp3) is 0.533. The summed E-state index contributed by atoms with van der Waals surface area (Å²) in [5, 5.41) is 10.4. The monoisotopic (exact) mass is 341 g/mol. The average molecular weight is 342 g/mol. The third-order valence-electron chi connectivity index (χ3n) is 3.81. The van der Waals surface area contributed by atoms with Crippen molar-refractivity contribution in [3.8, 4) is 5.75 Å². The van der Waals surface area contributed by atoms with Crippen molar-refractivity contribution in [2.75, 3.05) is 20.7 Å². The number of carbonyl (C=O) groups is 1. The van der Waals surface area contributed by atoms with Crippen molar-refractivity contribution in [3.05, 3.63) is 28.2 Å². The molecule has 0 spiro atoms. The number of methoxy groups -OCH3 is 1. The number of ether oxygens (including phenoxy) is 1. The lowest BCUT2D eigenvalue weighted by molar-refractivity contribution is 0.0155. The quantitative estimate of drug-likeness (QED) is 0.915. The van der Waals surface area contributed by atoms with E-state index in [4.69, 9.17) is 4.74 Å². The van der Waals surface area contributed by atoms with Crippen LogP contribution < -0.4 is 4.74 Å². The normalized spacial score (nSPS) is 17.0. The van der Waals surface area contributed by atoms with Gasteiger partial charge in [0.1, 0.15) is 5.75 Å². The van der Waals surface area contributed by atoms with E-state index in [1.54, 1.807) is 31.2 Å². The van der Waals surface area contributed by atoms with Gasteiger partial charge >= 0.3 is 0 Å². The smallest absolute Gasteiger partial charge is 0.257 e. The van der Waals surface area contributed by atoms with E-state index in [1.165, 1.54) is 0 Å². The average Bonchev–Trinajstić information content (AvgIpc) is 2.84. The van der Waals surface area contributed by atoms with Crippen molar-refractivity contribution in [2.24, 2.45) is 0 Å². The maximum Gasteiger partial charge on any atom is 0.257 e. The molecule has 0 heterocycles. The molecule has 1 fully saturated rings. The minimum Gasteiger partial charge on any atom is -0.496 e. The van der Waals surface area contributed by atoms with Crippen LogP contribution in [0.5, 0.6) is 5.75 Å². The van der Waals surface area contributed by atoms with Crippen LogP contribution in [-0.4, -0.2) is 42.2 Å². The lowest BCUT2D eigenvalue weighted by atomic mass is 10.0. The molecule has 0 aromatic heterocycles. The molecule has 5 heteroatoms. The van der Waals surface area contributed by atoms with Gasteiger partial charge in [0.15, 0.2) is 0 Å². The molecule has 1 aromatic carbocycles. The van der Waals surface area contributed by atoms with E-state index in [0.717, 1.165) is 30.2 Å². The number of carbonyl (C=O) groups excluding carboxylic acids is 1. The number of likely N-dealkylation sites (N-methyl/N-ethyl adjacent to an activating group) is 1. The number of amides is 1. The second-order valence-electron chi connectivity index (χ2n) is 5.44. The van der Waals surface area contributed by atoms with Crippen molar-refractivity contribution in [3.63, 3.8) is 0 Å². The van der Waals surface area contributed by atoms with Crippen LogP contribution in [0.3, 0.4) is 0 Å². The van der Waals surface area contributed by atoms with Gasteiger partial charge in [-0.3, -0.25) is 4.79 Å². The fourth-order valence-electron chi connectivity index (χ4n) is 2.75. The third kappa shape index (κ3) is 3.33. The second-order valence-corrected chi connectivity index (χ2v) is 6.35. The van der Waals surface area contributed by atoms with Gasteiger partial charge in [0.2, 0.25) is 0 Å². The zero-order valence-electron chi connectivity index (χ0n) is 11.9. The highest BCUT2D eigenvalue weighted by Gasteiger charge is 2.34. The highest BCUT2D eigenvalue weighted by atomic mass is 79.9. The molecule has 110 valence electrons. The van der Waals surface area contributed by atoms with Crippen LogP contribution in [0.4, 0.5) is 0 Å². The fourth-order valence-corrected chi connectivity index (χ4v) is 3.09. The zero-order chi connectivity index (χ0) is 14.8. The molecule has 0 saturated heterocycles. The molecule has 2 rings (SSSR count). The Kier molecular flexibility index (Phi) is 4.70. The minimum absolute atomic E-state index is 0.130. The highest BCUT2D eigenvalue weighted by Crippen LogP contribution is 2.31. The summed E-state index contributed by atoms with van der Waals surface area (Å²) in [7, 11) is 3.27. The van der Waals surface area contributed by atoms with Gasteiger partial charge in [0.25, 0.3) is 5.91 Å². The molecule has 1 aliphatic carbocycles. The molecular formula is C15H20BrNO3. The number of rotatable bonds is 4. The first-order valence-corrected chi connectivity index (χ1v) is 7.56. The van der Waals surface area contributed by atoms with Gasteiger partial charge in [-0.05, 0) is 31.0 Å². The van der Waals surface area contributed by atoms with Crippen LogP contribution in [0.25, 0.3) is 0 Å². The maximum absolute atomic E-state index is 12.5. The summed E-state index contributed by atoms with van der Waals surface area (Å²) in [6.45, 7) is 0.366. The van der Waals surface area contributed by atoms with Crippen LogP contribution in [0.15, 0.2) is 22.7 Å². The lowest BCUT2D eigenvalue weighted by Crippen LogP contribution is -2.42. The number of hydrogen-bond acceptors (Lipinski definition) is 3. The van der Waals surface area contributed by atoms with E-state index in [1.807, 2.05) is 6.07 Å². The van der Waals surface area contributed by atoms with Crippen LogP contribution in [0.1, 0.15) is 36.0 Å². The van der Waals surface area contributed by atoms with Crippen molar-refractivity contribution >= 4 is 21.8 Å². The number of benzene rings is 1. The molecule has 20 heavy (non-hydrogen) atoms. The van der Waals surface area contributed by atoms with Crippen molar-refractivity contribution < 1.29 is 14.6 Å². The van der Waals surface area contributed by atoms with E-state index in [0.29, 0.717) is 17.9 Å². The molecule has 0 unspecified atom stereocenters. The Morgan fingerprint density at radius 1 is 1.45 bits per heavy atom. The van der Waals surface area contributed by atoms with Crippen LogP contribution in [-0.2, 0) is 0 Å². The predicted octanol–water partition coefficient (Wildman–Crippen LogP) is 2.83. The van der Waals surface area contributed by atoms with Gasteiger partial charge in [-0.2, -0.15) is 0 Å². The first-order chi connectivity index (χ1) is 9.45. The molecule has 0 radical (unpaired) electrons. The van der Waals surface area contributed by atoms with E-state index in [2.05, 4.69) is 15.9 Å². The topological polar surface area (TPSA) is 49.8 Å². The molecule has 1 saturated carbocycles. The minimum atomic E-state index is -0.729. The molecule has 1 N–H and O–H groups in total. The first kappa shape index (κ1) is 15.3. The SMILES string of the molecule is COc1cc(Br)ccc1C(=O)N(C)CC1(O)CCCC1. The molecule has 0 bridgehead atoms. The first-order valence-electron chi connectivity index (χ1n) is 6.76. The molecule has 0 aliphatic heterocycles. The van der Waals surface area contributed by atoms with Gasteiger partial charge in [0.05, 0.1) is 18.3 Å². The van der Waals surface area contributed by atoms with Gasteiger partial charge < -0.3 is 14.7 Å². The van der Waals surface area contributed by atoms with Crippen LogP contribution >= 0.6 is 15.9 Å².